The van der Waals surface area contributed by atoms with E-state index in [0.717, 1.165) is 40.1 Å². The van der Waals surface area contributed by atoms with E-state index in [4.69, 9.17) is 0 Å². The molecule has 0 saturated carbocycles. The molecule has 8 aromatic heterocycles. The number of rotatable bonds is 10. The summed E-state index contributed by atoms with van der Waals surface area (Å²) in [7, 11) is 0. The van der Waals surface area contributed by atoms with Crippen LogP contribution in [0.3, 0.4) is 0 Å². The predicted molar refractivity (Wildman–Crippen MR) is 295 cm³/mol. The van der Waals surface area contributed by atoms with E-state index in [1.807, 2.05) is 45.3 Å². The molecule has 0 amide bonds. The molecule has 11 aromatic rings. The lowest BCUT2D eigenvalue weighted by Crippen LogP contribution is -1.91. The van der Waals surface area contributed by atoms with Crippen LogP contribution >= 0.6 is 154 Å². The second-order valence-electron chi connectivity index (χ2n) is 14.1. The van der Waals surface area contributed by atoms with Gasteiger partial charge < -0.3 is 0 Å². The van der Waals surface area contributed by atoms with E-state index in [1.165, 1.54) is 80.8 Å². The quantitative estimate of drug-likeness (QED) is 0.128. The first-order valence-corrected chi connectivity index (χ1v) is 29.0. The van der Waals surface area contributed by atoms with Gasteiger partial charge in [-0.05, 0) is 153 Å². The van der Waals surface area contributed by atoms with Gasteiger partial charge in [-0.1, -0.05) is 88.0 Å². The van der Waals surface area contributed by atoms with Gasteiger partial charge in [-0.2, -0.15) is 0 Å². The van der Waals surface area contributed by atoms with E-state index in [1.54, 1.807) is 45.3 Å². The minimum absolute atomic E-state index is 1.02. The van der Waals surface area contributed by atoms with Crippen LogP contribution < -0.4 is 0 Å². The molecule has 11 rings (SSSR count). The summed E-state index contributed by atoms with van der Waals surface area (Å²) in [6, 6.07) is 49.4. The van der Waals surface area contributed by atoms with E-state index in [0.29, 0.717) is 0 Å². The van der Waals surface area contributed by atoms with Crippen LogP contribution in [-0.4, -0.2) is 0 Å². The Kier molecular flexibility index (Phi) is 12.1. The molecule has 3 aromatic carbocycles. The lowest BCUT2D eigenvalue weighted by molar-refractivity contribution is 1.51. The van der Waals surface area contributed by atoms with Crippen molar-refractivity contribution in [1.82, 2.24) is 0 Å². The molecular formula is C50H26Br4S8. The van der Waals surface area contributed by atoms with Crippen molar-refractivity contribution in [3.63, 3.8) is 0 Å². The van der Waals surface area contributed by atoms with Gasteiger partial charge in [-0.15, -0.1) is 90.7 Å². The van der Waals surface area contributed by atoms with Gasteiger partial charge in [0.1, 0.15) is 0 Å². The molecular weight excluding hydrogens is 1180 g/mol. The molecule has 0 aliphatic heterocycles. The van der Waals surface area contributed by atoms with Crippen molar-refractivity contribution < 1.29 is 0 Å². The number of hydrogen-bond acceptors (Lipinski definition) is 8. The summed E-state index contributed by atoms with van der Waals surface area (Å²) in [5.41, 5.74) is 9.34. The maximum atomic E-state index is 4.09. The standard InChI is InChI=1S/C50H26Br4S8/c51-35-24-30(28-22-32(40-10-14-48(60-40)44-6-2-18-56-44)34(26-38(28)54)42-12-16-50(62-42)46-8-4-20-58-46)36(52)23-29(35)27-21-31(39-9-13-47(59-39)43-5-1-17-55-43)33(25-37(27)53)41-11-15-49(61-41)45-7-3-19-57-45/h1-26H. The van der Waals surface area contributed by atoms with Gasteiger partial charge in [-0.3, -0.25) is 0 Å². The molecule has 0 nitrogen and oxygen atoms in total. The molecule has 0 aliphatic carbocycles. The molecule has 8 heterocycles. The van der Waals surface area contributed by atoms with Gasteiger partial charge in [0, 0.05) is 98.7 Å². The van der Waals surface area contributed by atoms with Gasteiger partial charge in [0.15, 0.2) is 0 Å². The average molecular weight is 1200 g/mol. The Morgan fingerprint density at radius 2 is 0.452 bits per heavy atom. The molecule has 0 unspecified atom stereocenters. The third-order valence-corrected chi connectivity index (χ3v) is 21.8. The van der Waals surface area contributed by atoms with Crippen molar-refractivity contribution in [3.8, 4) is 103 Å². The van der Waals surface area contributed by atoms with Crippen molar-refractivity contribution in [3.05, 3.63) is 173 Å². The van der Waals surface area contributed by atoms with Crippen LogP contribution in [0.4, 0.5) is 0 Å². The fraction of sp³-hybridized carbons (Fsp3) is 0. The zero-order chi connectivity index (χ0) is 41.9. The maximum Gasteiger partial charge on any atom is 0.0449 e. The Morgan fingerprint density at radius 3 is 0.710 bits per heavy atom. The highest BCUT2D eigenvalue weighted by Crippen LogP contribution is 2.51. The Labute approximate surface area is 425 Å². The number of halogens is 4. The minimum Gasteiger partial charge on any atom is -0.143 e. The summed E-state index contributed by atoms with van der Waals surface area (Å²) in [5.74, 6) is 0. The van der Waals surface area contributed by atoms with Crippen molar-refractivity contribution in [2.75, 3.05) is 0 Å². The number of hydrogen-bond donors (Lipinski definition) is 0. The predicted octanol–water partition coefficient (Wildman–Crippen LogP) is 21.9. The normalized spacial score (nSPS) is 11.5. The minimum atomic E-state index is 1.02. The molecule has 0 radical (unpaired) electrons. The highest BCUT2D eigenvalue weighted by Gasteiger charge is 2.23. The molecule has 12 heteroatoms. The fourth-order valence-electron chi connectivity index (χ4n) is 7.47. The Balaban J connectivity index is 1.02. The van der Waals surface area contributed by atoms with Crippen LogP contribution in [0.25, 0.3) is 103 Å². The monoisotopic (exact) mass is 1200 g/mol. The molecule has 62 heavy (non-hydrogen) atoms. The van der Waals surface area contributed by atoms with Gasteiger partial charge in [0.2, 0.25) is 0 Å². The molecule has 0 saturated heterocycles. The summed E-state index contributed by atoms with van der Waals surface area (Å²) in [4.78, 5) is 15.3. The highest BCUT2D eigenvalue weighted by molar-refractivity contribution is 9.11. The van der Waals surface area contributed by atoms with E-state index < -0.39 is 0 Å². The van der Waals surface area contributed by atoms with Crippen LogP contribution in [-0.2, 0) is 0 Å². The number of benzene rings is 3. The summed E-state index contributed by atoms with van der Waals surface area (Å²) in [6.07, 6.45) is 0. The topological polar surface area (TPSA) is 0 Å². The van der Waals surface area contributed by atoms with Gasteiger partial charge in [0.25, 0.3) is 0 Å². The molecule has 0 bridgehead atoms. The summed E-state index contributed by atoms with van der Waals surface area (Å²) in [6.45, 7) is 0. The van der Waals surface area contributed by atoms with Crippen LogP contribution in [0.15, 0.2) is 173 Å². The smallest absolute Gasteiger partial charge is 0.0449 e. The first-order valence-electron chi connectivity index (χ1n) is 19.1. The summed E-state index contributed by atoms with van der Waals surface area (Å²) >= 11 is 30.9. The third kappa shape index (κ3) is 8.11. The van der Waals surface area contributed by atoms with Gasteiger partial charge in [0.05, 0.1) is 0 Å². The molecule has 0 N–H and O–H groups in total. The zero-order valence-corrected chi connectivity index (χ0v) is 44.7. The second kappa shape index (κ2) is 17.9. The van der Waals surface area contributed by atoms with Crippen LogP contribution in [0.1, 0.15) is 0 Å². The summed E-state index contributed by atoms with van der Waals surface area (Å²) < 4.78 is 4.12. The van der Waals surface area contributed by atoms with Gasteiger partial charge >= 0.3 is 0 Å². The molecule has 0 spiro atoms. The highest BCUT2D eigenvalue weighted by atomic mass is 79.9. The van der Waals surface area contributed by atoms with Crippen LogP contribution in [0.2, 0.25) is 0 Å². The Morgan fingerprint density at radius 1 is 0.226 bits per heavy atom. The second-order valence-corrected chi connectivity index (χ2v) is 25.7. The number of thiophene rings is 8. The molecule has 0 fully saturated rings. The summed E-state index contributed by atoms with van der Waals surface area (Å²) in [5, 5.41) is 8.60. The van der Waals surface area contributed by atoms with Crippen molar-refractivity contribution in [1.29, 1.82) is 0 Å². The molecule has 0 atom stereocenters. The third-order valence-electron chi connectivity index (χ3n) is 10.4. The van der Waals surface area contributed by atoms with Crippen molar-refractivity contribution in [2.24, 2.45) is 0 Å². The van der Waals surface area contributed by atoms with E-state index >= 15 is 0 Å². The molecule has 0 aliphatic rings. The van der Waals surface area contributed by atoms with E-state index in [9.17, 15) is 0 Å². The van der Waals surface area contributed by atoms with Crippen molar-refractivity contribution >= 4 is 154 Å². The zero-order valence-electron chi connectivity index (χ0n) is 31.8. The SMILES string of the molecule is Brc1cc(-c2cc(-c3ccc(-c4cccs4)s3)c(-c3ccc(-c4cccs4)s3)cc2Br)c(Br)cc1-c1cc(-c2ccc(-c3cccs3)s2)c(-c2ccc(-c3cccs3)s2)cc1Br. The van der Waals surface area contributed by atoms with E-state index in [-0.39, 0.29) is 0 Å². The van der Waals surface area contributed by atoms with E-state index in [2.05, 4.69) is 219 Å². The first kappa shape index (κ1) is 41.9. The lowest BCUT2D eigenvalue weighted by atomic mass is 9.94. The van der Waals surface area contributed by atoms with Crippen LogP contribution in [0, 0.1) is 0 Å². The Hall–Kier alpha value is -2.82. The van der Waals surface area contributed by atoms with Gasteiger partial charge in [-0.25, -0.2) is 0 Å². The van der Waals surface area contributed by atoms with Crippen molar-refractivity contribution in [2.45, 2.75) is 0 Å². The largest absolute Gasteiger partial charge is 0.143 e. The fourth-order valence-corrected chi connectivity index (χ4v) is 17.2. The lowest BCUT2D eigenvalue weighted by Gasteiger charge is -2.18. The Bertz CT molecular complexity index is 3120. The van der Waals surface area contributed by atoms with Crippen LogP contribution in [0.5, 0.6) is 0 Å². The first-order chi connectivity index (χ1) is 30.3. The average Bonchev–Trinajstić information content (AvgIpc) is 4.13. The maximum absolute atomic E-state index is 4.09. The molecule has 302 valence electrons.